The second-order valence-corrected chi connectivity index (χ2v) is 5.41. The van der Waals surface area contributed by atoms with Gasteiger partial charge in [0.05, 0.1) is 11.0 Å². The Balaban J connectivity index is 2.12. The maximum absolute atomic E-state index is 6.13. The third-order valence-corrected chi connectivity index (χ3v) is 3.27. The van der Waals surface area contributed by atoms with E-state index in [1.807, 2.05) is 56.3 Å². The van der Waals surface area contributed by atoms with Crippen molar-refractivity contribution in [1.82, 2.24) is 9.97 Å². The van der Waals surface area contributed by atoms with Crippen LogP contribution in [0.2, 0.25) is 0 Å². The highest BCUT2D eigenvalue weighted by Gasteiger charge is 2.15. The quantitative estimate of drug-likeness (QED) is 0.733. The van der Waals surface area contributed by atoms with Gasteiger partial charge in [-0.25, -0.2) is 4.98 Å². The van der Waals surface area contributed by atoms with Gasteiger partial charge >= 0.3 is 0 Å². The number of benzene rings is 2. The Bertz CT molecular complexity index is 706. The zero-order chi connectivity index (χ0) is 13.5. The van der Waals surface area contributed by atoms with Gasteiger partial charge in [0.2, 0.25) is 0 Å². The highest BCUT2D eigenvalue weighted by Crippen LogP contribution is 2.24. The summed E-state index contributed by atoms with van der Waals surface area (Å²) in [7, 11) is 0. The van der Waals surface area contributed by atoms with Crippen molar-refractivity contribution in [3.05, 3.63) is 54.1 Å². The van der Waals surface area contributed by atoms with Crippen LogP contribution in [0.25, 0.3) is 22.4 Å². The van der Waals surface area contributed by atoms with Gasteiger partial charge in [0.25, 0.3) is 0 Å². The van der Waals surface area contributed by atoms with E-state index in [4.69, 9.17) is 5.73 Å². The molecular weight excluding hydrogens is 234 g/mol. The lowest BCUT2D eigenvalue weighted by Crippen LogP contribution is -2.28. The summed E-state index contributed by atoms with van der Waals surface area (Å²) in [4.78, 5) is 7.97. The molecule has 19 heavy (non-hydrogen) atoms. The van der Waals surface area contributed by atoms with E-state index in [9.17, 15) is 0 Å². The molecule has 3 heteroatoms. The largest absolute Gasteiger partial charge is 0.338 e. The van der Waals surface area contributed by atoms with Crippen LogP contribution in [0.4, 0.5) is 0 Å². The number of rotatable bonds is 2. The predicted octanol–water partition coefficient (Wildman–Crippen LogP) is 3.42. The van der Waals surface area contributed by atoms with Gasteiger partial charge in [0.15, 0.2) is 0 Å². The van der Waals surface area contributed by atoms with Crippen LogP contribution in [0.1, 0.15) is 19.4 Å². The highest BCUT2D eigenvalue weighted by molar-refractivity contribution is 5.80. The Labute approximate surface area is 112 Å². The minimum absolute atomic E-state index is 0.341. The first-order valence-electron chi connectivity index (χ1n) is 6.38. The van der Waals surface area contributed by atoms with Crippen molar-refractivity contribution in [3.63, 3.8) is 0 Å². The Hall–Kier alpha value is -2.13. The molecule has 3 rings (SSSR count). The molecule has 0 radical (unpaired) electrons. The normalized spacial score (nSPS) is 11.9. The molecule has 0 atom stereocenters. The van der Waals surface area contributed by atoms with Crippen LogP contribution < -0.4 is 5.73 Å². The van der Waals surface area contributed by atoms with Crippen molar-refractivity contribution < 1.29 is 0 Å². The molecule has 0 aliphatic rings. The second kappa shape index (κ2) is 4.21. The minimum atomic E-state index is -0.341. The standard InChI is InChI=1S/C16H17N3/c1-16(2,17)12-8-9-13-14(10-12)19-15(18-13)11-6-4-3-5-7-11/h3-10H,17H2,1-2H3,(H,18,19). The predicted molar refractivity (Wildman–Crippen MR) is 78.7 cm³/mol. The average Bonchev–Trinajstić information content (AvgIpc) is 2.81. The fourth-order valence-corrected chi connectivity index (χ4v) is 2.14. The first kappa shape index (κ1) is 11.9. The van der Waals surface area contributed by atoms with E-state index < -0.39 is 0 Å². The van der Waals surface area contributed by atoms with E-state index in [-0.39, 0.29) is 5.54 Å². The maximum Gasteiger partial charge on any atom is 0.138 e. The molecular formula is C16H17N3. The lowest BCUT2D eigenvalue weighted by molar-refractivity contribution is 0.555. The van der Waals surface area contributed by atoms with Crippen molar-refractivity contribution in [3.8, 4) is 11.4 Å². The van der Waals surface area contributed by atoms with Crippen molar-refractivity contribution in [1.29, 1.82) is 0 Å². The molecule has 3 aromatic rings. The molecule has 0 bridgehead atoms. The van der Waals surface area contributed by atoms with Gasteiger partial charge in [-0.2, -0.15) is 0 Å². The SMILES string of the molecule is CC(C)(N)c1ccc2nc(-c3ccccc3)[nH]c2c1. The van der Waals surface area contributed by atoms with E-state index >= 15 is 0 Å². The summed E-state index contributed by atoms with van der Waals surface area (Å²) in [5, 5.41) is 0. The number of aromatic amines is 1. The molecule has 96 valence electrons. The second-order valence-electron chi connectivity index (χ2n) is 5.41. The summed E-state index contributed by atoms with van der Waals surface area (Å²) >= 11 is 0. The van der Waals surface area contributed by atoms with E-state index in [1.165, 1.54) is 0 Å². The smallest absolute Gasteiger partial charge is 0.138 e. The molecule has 0 spiro atoms. The molecule has 2 aromatic carbocycles. The topological polar surface area (TPSA) is 54.7 Å². The molecule has 0 aliphatic carbocycles. The van der Waals surface area contributed by atoms with E-state index in [1.54, 1.807) is 0 Å². The van der Waals surface area contributed by atoms with Gasteiger partial charge in [-0.05, 0) is 31.5 Å². The summed E-state index contributed by atoms with van der Waals surface area (Å²) in [6.07, 6.45) is 0. The zero-order valence-electron chi connectivity index (χ0n) is 11.1. The third-order valence-electron chi connectivity index (χ3n) is 3.27. The Morgan fingerprint density at radius 3 is 2.47 bits per heavy atom. The van der Waals surface area contributed by atoms with Gasteiger partial charge in [-0.15, -0.1) is 0 Å². The van der Waals surface area contributed by atoms with Crippen LogP contribution in [0.5, 0.6) is 0 Å². The molecule has 1 aromatic heterocycles. The summed E-state index contributed by atoms with van der Waals surface area (Å²) in [5.74, 6) is 0.891. The van der Waals surface area contributed by atoms with Crippen LogP contribution in [-0.4, -0.2) is 9.97 Å². The number of fused-ring (bicyclic) bond motifs is 1. The van der Waals surface area contributed by atoms with Crippen LogP contribution in [0.15, 0.2) is 48.5 Å². The molecule has 0 fully saturated rings. The van der Waals surface area contributed by atoms with Gasteiger partial charge in [-0.3, -0.25) is 0 Å². The molecule has 0 amide bonds. The number of H-pyrrole nitrogens is 1. The number of nitrogens with two attached hydrogens (primary N) is 1. The molecule has 0 unspecified atom stereocenters. The first-order chi connectivity index (χ1) is 9.04. The number of aromatic nitrogens is 2. The van der Waals surface area contributed by atoms with Crippen molar-refractivity contribution in [2.24, 2.45) is 5.73 Å². The molecule has 3 nitrogen and oxygen atoms in total. The zero-order valence-corrected chi connectivity index (χ0v) is 11.1. The number of hydrogen-bond donors (Lipinski definition) is 2. The summed E-state index contributed by atoms with van der Waals surface area (Å²) in [6.45, 7) is 4.01. The third kappa shape index (κ3) is 2.25. The molecule has 0 aliphatic heterocycles. The Morgan fingerprint density at radius 2 is 1.79 bits per heavy atom. The van der Waals surface area contributed by atoms with E-state index in [0.29, 0.717) is 0 Å². The van der Waals surface area contributed by atoms with Gasteiger partial charge in [0, 0.05) is 11.1 Å². The van der Waals surface area contributed by atoms with E-state index in [0.717, 1.165) is 28.0 Å². The number of nitrogens with zero attached hydrogens (tertiary/aromatic N) is 1. The van der Waals surface area contributed by atoms with Crippen LogP contribution >= 0.6 is 0 Å². The molecule has 3 N–H and O–H groups in total. The number of imidazole rings is 1. The van der Waals surface area contributed by atoms with Crippen molar-refractivity contribution in [2.75, 3.05) is 0 Å². The highest BCUT2D eigenvalue weighted by atomic mass is 14.9. The van der Waals surface area contributed by atoms with Crippen LogP contribution in [-0.2, 0) is 5.54 Å². The lowest BCUT2D eigenvalue weighted by atomic mass is 9.95. The van der Waals surface area contributed by atoms with Crippen molar-refractivity contribution in [2.45, 2.75) is 19.4 Å². The monoisotopic (exact) mass is 251 g/mol. The van der Waals surface area contributed by atoms with Crippen LogP contribution in [0, 0.1) is 0 Å². The summed E-state index contributed by atoms with van der Waals surface area (Å²) in [5.41, 5.74) is 9.97. The maximum atomic E-state index is 6.13. The minimum Gasteiger partial charge on any atom is -0.338 e. The molecule has 1 heterocycles. The van der Waals surface area contributed by atoms with Crippen LogP contribution in [0.3, 0.4) is 0 Å². The van der Waals surface area contributed by atoms with E-state index in [2.05, 4.69) is 16.0 Å². The summed E-state index contributed by atoms with van der Waals surface area (Å²) < 4.78 is 0. The Kier molecular flexibility index (Phi) is 2.64. The van der Waals surface area contributed by atoms with Gasteiger partial charge < -0.3 is 10.7 Å². The molecule has 0 saturated carbocycles. The number of nitrogens with one attached hydrogen (secondary N) is 1. The van der Waals surface area contributed by atoms with Gasteiger partial charge in [-0.1, -0.05) is 36.4 Å². The summed E-state index contributed by atoms with van der Waals surface area (Å²) in [6, 6.07) is 16.3. The Morgan fingerprint density at radius 1 is 1.05 bits per heavy atom. The average molecular weight is 251 g/mol. The first-order valence-corrected chi connectivity index (χ1v) is 6.38. The fraction of sp³-hybridized carbons (Fsp3) is 0.188. The fourth-order valence-electron chi connectivity index (χ4n) is 2.14. The van der Waals surface area contributed by atoms with Crippen molar-refractivity contribution >= 4 is 11.0 Å². The number of hydrogen-bond acceptors (Lipinski definition) is 2. The van der Waals surface area contributed by atoms with Gasteiger partial charge in [0.1, 0.15) is 5.82 Å². The lowest BCUT2D eigenvalue weighted by Gasteiger charge is -2.18. The molecule has 0 saturated heterocycles.